The van der Waals surface area contributed by atoms with Gasteiger partial charge in [0.2, 0.25) is 17.7 Å². The summed E-state index contributed by atoms with van der Waals surface area (Å²) in [6.07, 6.45) is 1.72. The summed E-state index contributed by atoms with van der Waals surface area (Å²) < 4.78 is 12.7. The molecule has 4 aromatic rings. The predicted octanol–water partition coefficient (Wildman–Crippen LogP) is 3.47. The van der Waals surface area contributed by atoms with Gasteiger partial charge in [-0.2, -0.15) is 0 Å². The first-order valence-corrected chi connectivity index (χ1v) is 13.4. The van der Waals surface area contributed by atoms with Crippen LogP contribution in [0.15, 0.2) is 72.8 Å². The van der Waals surface area contributed by atoms with Gasteiger partial charge in [-0.1, -0.05) is 29.5 Å². The molecule has 1 aliphatic heterocycles. The zero-order valence-corrected chi connectivity index (χ0v) is 22.9. The number of nitrogens with one attached hydrogen (secondary N) is 2. The van der Waals surface area contributed by atoms with Crippen molar-refractivity contribution in [2.24, 2.45) is 0 Å². The van der Waals surface area contributed by atoms with Gasteiger partial charge in [0.05, 0.1) is 18.7 Å². The first-order valence-electron chi connectivity index (χ1n) is 13.4. The second-order valence-electron chi connectivity index (χ2n) is 9.79. The molecule has 11 heteroatoms. The number of ether oxygens (including phenoxy) is 2. The average Bonchev–Trinajstić information content (AvgIpc) is 3.65. The molecule has 0 unspecified atom stereocenters. The van der Waals surface area contributed by atoms with Crippen LogP contribution in [0.1, 0.15) is 31.4 Å². The zero-order valence-electron chi connectivity index (χ0n) is 22.9. The van der Waals surface area contributed by atoms with E-state index in [0.29, 0.717) is 46.9 Å². The molecule has 2 heterocycles. The maximum atomic E-state index is 14.2. The summed E-state index contributed by atoms with van der Waals surface area (Å²) in [6.45, 7) is 2.25. The van der Waals surface area contributed by atoms with E-state index in [1.54, 1.807) is 55.6 Å². The number of carbonyl (C=O) groups is 3. The van der Waals surface area contributed by atoms with Crippen molar-refractivity contribution in [1.82, 2.24) is 20.3 Å². The molecule has 1 aliphatic rings. The number of methoxy groups -OCH3 is 1. The van der Waals surface area contributed by atoms with Gasteiger partial charge in [0, 0.05) is 31.5 Å². The number of benzene rings is 3. The maximum absolute atomic E-state index is 14.2. The number of para-hydroxylation sites is 1. The van der Waals surface area contributed by atoms with Gasteiger partial charge in [0.1, 0.15) is 23.9 Å². The molecule has 0 aliphatic carbocycles. The number of rotatable bonds is 10. The highest BCUT2D eigenvalue weighted by Gasteiger charge is 2.34. The fraction of sp³-hybridized carbons (Fsp3) is 0.300. The summed E-state index contributed by atoms with van der Waals surface area (Å²) in [4.78, 5) is 41.2. The predicted molar refractivity (Wildman–Crippen MR) is 153 cm³/mol. The van der Waals surface area contributed by atoms with Crippen LogP contribution < -0.4 is 20.3 Å². The Kier molecular flexibility index (Phi) is 8.54. The third-order valence-electron chi connectivity index (χ3n) is 6.88. The van der Waals surface area contributed by atoms with Crippen LogP contribution in [0.5, 0.6) is 5.75 Å². The van der Waals surface area contributed by atoms with E-state index < -0.39 is 6.04 Å². The SMILES string of the molecule is COc1cccc([C@H](C(=O)NC[C@H]2CCCO2)N(C(=O)Cn2nnc3ccccc32)c2ccc(NC(C)=O)cc2)c1. The normalized spacial score (nSPS) is 15.3. The molecule has 0 saturated carbocycles. The van der Waals surface area contributed by atoms with E-state index in [0.717, 1.165) is 12.8 Å². The lowest BCUT2D eigenvalue weighted by Crippen LogP contribution is -2.46. The van der Waals surface area contributed by atoms with Crippen molar-refractivity contribution < 1.29 is 23.9 Å². The molecular formula is C30H32N6O5. The van der Waals surface area contributed by atoms with Crippen molar-refractivity contribution in [2.45, 2.75) is 38.5 Å². The van der Waals surface area contributed by atoms with Gasteiger partial charge in [-0.15, -0.1) is 5.10 Å². The summed E-state index contributed by atoms with van der Waals surface area (Å²) >= 11 is 0. The zero-order chi connectivity index (χ0) is 28.8. The smallest absolute Gasteiger partial charge is 0.249 e. The van der Waals surface area contributed by atoms with Crippen LogP contribution in [0.4, 0.5) is 11.4 Å². The third kappa shape index (κ3) is 6.52. The van der Waals surface area contributed by atoms with Gasteiger partial charge in [-0.25, -0.2) is 4.68 Å². The highest BCUT2D eigenvalue weighted by Crippen LogP contribution is 2.31. The van der Waals surface area contributed by atoms with E-state index in [2.05, 4.69) is 20.9 Å². The van der Waals surface area contributed by atoms with E-state index in [9.17, 15) is 14.4 Å². The summed E-state index contributed by atoms with van der Waals surface area (Å²) in [7, 11) is 1.55. The quantitative estimate of drug-likeness (QED) is 0.306. The van der Waals surface area contributed by atoms with Crippen LogP contribution in [-0.2, 0) is 25.7 Å². The van der Waals surface area contributed by atoms with Crippen LogP contribution in [-0.4, -0.2) is 59.1 Å². The van der Waals surface area contributed by atoms with E-state index in [-0.39, 0.29) is 30.4 Å². The van der Waals surface area contributed by atoms with Crippen molar-refractivity contribution in [2.75, 3.05) is 30.5 Å². The molecule has 3 amide bonds. The maximum Gasteiger partial charge on any atom is 0.249 e. The highest BCUT2D eigenvalue weighted by molar-refractivity contribution is 6.02. The number of hydrogen-bond donors (Lipinski definition) is 2. The van der Waals surface area contributed by atoms with Crippen LogP contribution in [0.2, 0.25) is 0 Å². The van der Waals surface area contributed by atoms with E-state index >= 15 is 0 Å². The monoisotopic (exact) mass is 556 g/mol. The number of hydrogen-bond acceptors (Lipinski definition) is 7. The van der Waals surface area contributed by atoms with E-state index in [4.69, 9.17) is 9.47 Å². The fourth-order valence-electron chi connectivity index (χ4n) is 4.93. The van der Waals surface area contributed by atoms with Gasteiger partial charge in [-0.05, 0) is 66.9 Å². The largest absolute Gasteiger partial charge is 0.497 e. The Morgan fingerprint density at radius 1 is 1.10 bits per heavy atom. The summed E-state index contributed by atoms with van der Waals surface area (Å²) in [5, 5.41) is 14.1. The molecule has 0 bridgehead atoms. The third-order valence-corrected chi connectivity index (χ3v) is 6.88. The Labute approximate surface area is 237 Å². The highest BCUT2D eigenvalue weighted by atomic mass is 16.5. The fourth-order valence-corrected chi connectivity index (χ4v) is 4.93. The lowest BCUT2D eigenvalue weighted by atomic mass is 10.0. The molecule has 212 valence electrons. The molecule has 2 atom stereocenters. The molecule has 0 radical (unpaired) electrons. The summed E-state index contributed by atoms with van der Waals surface area (Å²) in [6, 6.07) is 20.2. The number of fused-ring (bicyclic) bond motifs is 1. The Bertz CT molecular complexity index is 1530. The molecule has 41 heavy (non-hydrogen) atoms. The average molecular weight is 557 g/mol. The second kappa shape index (κ2) is 12.6. The first-order chi connectivity index (χ1) is 19.9. The van der Waals surface area contributed by atoms with Crippen molar-refractivity contribution in [3.63, 3.8) is 0 Å². The van der Waals surface area contributed by atoms with Crippen LogP contribution in [0.3, 0.4) is 0 Å². The minimum atomic E-state index is -1.04. The number of aromatic nitrogens is 3. The number of anilines is 2. The summed E-state index contributed by atoms with van der Waals surface area (Å²) in [5.74, 6) is -0.411. The Balaban J connectivity index is 1.55. The standard InChI is InChI=1S/C30H32N6O5/c1-20(37)32-22-12-14-23(15-13-22)36(28(38)19-35-27-11-4-3-10-26(27)33-34-35)29(21-7-5-8-24(17-21)40-2)30(39)31-18-25-9-6-16-41-25/h3-5,7-8,10-15,17,25,29H,6,9,16,18-19H2,1-2H3,(H,31,39)(H,32,37)/t25-,29-/m1/s1. The topological polar surface area (TPSA) is 128 Å². The van der Waals surface area contributed by atoms with Crippen LogP contribution >= 0.6 is 0 Å². The molecule has 0 spiro atoms. The van der Waals surface area contributed by atoms with Gasteiger partial charge < -0.3 is 20.1 Å². The molecule has 11 nitrogen and oxygen atoms in total. The van der Waals surface area contributed by atoms with E-state index in [1.165, 1.54) is 16.5 Å². The van der Waals surface area contributed by atoms with Gasteiger partial charge in [0.25, 0.3) is 0 Å². The second-order valence-corrected chi connectivity index (χ2v) is 9.79. The first kappa shape index (κ1) is 27.8. The number of nitrogens with zero attached hydrogens (tertiary/aromatic N) is 4. The van der Waals surface area contributed by atoms with Crippen molar-refractivity contribution in [3.8, 4) is 5.75 Å². The number of carbonyl (C=O) groups excluding carboxylic acids is 3. The molecular weight excluding hydrogens is 524 g/mol. The Morgan fingerprint density at radius 2 is 1.90 bits per heavy atom. The molecule has 3 aromatic carbocycles. The molecule has 5 rings (SSSR count). The van der Waals surface area contributed by atoms with Gasteiger partial charge in [0.15, 0.2) is 0 Å². The number of amides is 3. The van der Waals surface area contributed by atoms with E-state index in [1.807, 2.05) is 24.3 Å². The molecule has 1 aromatic heterocycles. The molecule has 2 N–H and O–H groups in total. The molecule has 1 saturated heterocycles. The van der Waals surface area contributed by atoms with Gasteiger partial charge >= 0.3 is 0 Å². The van der Waals surface area contributed by atoms with Gasteiger partial charge in [-0.3, -0.25) is 19.3 Å². The van der Waals surface area contributed by atoms with Crippen molar-refractivity contribution in [3.05, 3.63) is 78.4 Å². The lowest BCUT2D eigenvalue weighted by molar-refractivity contribution is -0.127. The Morgan fingerprint density at radius 3 is 2.63 bits per heavy atom. The van der Waals surface area contributed by atoms with Crippen molar-refractivity contribution in [1.29, 1.82) is 0 Å². The minimum absolute atomic E-state index is 0.0764. The van der Waals surface area contributed by atoms with Crippen molar-refractivity contribution >= 4 is 40.1 Å². The van der Waals surface area contributed by atoms with Crippen LogP contribution in [0.25, 0.3) is 11.0 Å². The lowest BCUT2D eigenvalue weighted by Gasteiger charge is -2.32. The minimum Gasteiger partial charge on any atom is -0.497 e. The molecule has 1 fully saturated rings. The Hall–Kier alpha value is -4.77. The summed E-state index contributed by atoms with van der Waals surface area (Å²) in [5.41, 5.74) is 2.95. The van der Waals surface area contributed by atoms with Crippen LogP contribution in [0, 0.1) is 0 Å².